The van der Waals surface area contributed by atoms with Crippen molar-refractivity contribution >= 4 is 23.3 Å². The van der Waals surface area contributed by atoms with E-state index in [1.165, 1.54) is 16.5 Å². The van der Waals surface area contributed by atoms with Crippen LogP contribution < -0.4 is 21.9 Å². The number of aromatic nitrogens is 2. The monoisotopic (exact) mass is 425 g/mol. The first kappa shape index (κ1) is 20.9. The SMILES string of the molecule is CN(C(=O)[C@@H]1CC(=O)N(C2CCCC2)C1)c1c(N)n(Cc2ccccc2)c(=O)[nH]c1=O. The first-order valence-electron chi connectivity index (χ1n) is 10.6. The quantitative estimate of drug-likeness (QED) is 0.738. The molecule has 0 radical (unpaired) electrons. The van der Waals surface area contributed by atoms with Gasteiger partial charge in [-0.2, -0.15) is 0 Å². The molecule has 31 heavy (non-hydrogen) atoms. The molecule has 164 valence electrons. The van der Waals surface area contributed by atoms with Gasteiger partial charge in [-0.25, -0.2) is 4.79 Å². The molecule has 1 aromatic heterocycles. The molecule has 1 aromatic carbocycles. The van der Waals surface area contributed by atoms with Crippen LogP contribution in [-0.4, -0.2) is 45.9 Å². The summed E-state index contributed by atoms with van der Waals surface area (Å²) in [7, 11) is 1.46. The zero-order valence-electron chi connectivity index (χ0n) is 17.5. The molecule has 4 rings (SSSR count). The van der Waals surface area contributed by atoms with Crippen molar-refractivity contribution in [2.75, 3.05) is 24.2 Å². The van der Waals surface area contributed by atoms with Gasteiger partial charge in [0.15, 0.2) is 5.69 Å². The molecular weight excluding hydrogens is 398 g/mol. The molecule has 2 aromatic rings. The van der Waals surface area contributed by atoms with E-state index in [9.17, 15) is 19.2 Å². The molecule has 1 saturated carbocycles. The molecule has 0 spiro atoms. The largest absolute Gasteiger partial charge is 0.383 e. The van der Waals surface area contributed by atoms with E-state index in [-0.39, 0.29) is 42.3 Å². The van der Waals surface area contributed by atoms with Crippen molar-refractivity contribution in [2.45, 2.75) is 44.7 Å². The summed E-state index contributed by atoms with van der Waals surface area (Å²) in [6, 6.07) is 9.42. The van der Waals surface area contributed by atoms with E-state index in [4.69, 9.17) is 5.73 Å². The van der Waals surface area contributed by atoms with Crippen LogP contribution in [0.3, 0.4) is 0 Å². The zero-order valence-corrected chi connectivity index (χ0v) is 17.5. The number of nitrogen functional groups attached to an aromatic ring is 1. The van der Waals surface area contributed by atoms with Crippen LogP contribution in [0, 0.1) is 5.92 Å². The Bertz CT molecular complexity index is 1100. The summed E-state index contributed by atoms with van der Waals surface area (Å²) in [5.41, 5.74) is 5.59. The molecule has 1 aliphatic carbocycles. The number of hydrogen-bond donors (Lipinski definition) is 2. The molecule has 9 nitrogen and oxygen atoms in total. The molecule has 2 fully saturated rings. The van der Waals surface area contributed by atoms with E-state index in [1.54, 1.807) is 0 Å². The zero-order chi connectivity index (χ0) is 22.1. The molecule has 1 saturated heterocycles. The minimum absolute atomic E-state index is 0.0189. The fourth-order valence-electron chi connectivity index (χ4n) is 4.67. The van der Waals surface area contributed by atoms with Crippen LogP contribution in [0.4, 0.5) is 11.5 Å². The molecule has 9 heteroatoms. The summed E-state index contributed by atoms with van der Waals surface area (Å²) in [4.78, 5) is 55.8. The van der Waals surface area contributed by atoms with Gasteiger partial charge in [-0.05, 0) is 18.4 Å². The first-order valence-corrected chi connectivity index (χ1v) is 10.6. The molecule has 0 unspecified atom stereocenters. The second kappa shape index (κ2) is 8.41. The molecule has 2 aliphatic rings. The Balaban J connectivity index is 1.59. The third-order valence-corrected chi connectivity index (χ3v) is 6.34. The van der Waals surface area contributed by atoms with Gasteiger partial charge in [0.25, 0.3) is 5.56 Å². The highest BCUT2D eigenvalue weighted by atomic mass is 16.2. The lowest BCUT2D eigenvalue weighted by atomic mass is 10.1. The lowest BCUT2D eigenvalue weighted by Gasteiger charge is -2.25. The van der Waals surface area contributed by atoms with Crippen molar-refractivity contribution < 1.29 is 9.59 Å². The molecule has 2 heterocycles. The van der Waals surface area contributed by atoms with Gasteiger partial charge in [0.1, 0.15) is 5.82 Å². The predicted molar refractivity (Wildman–Crippen MR) is 117 cm³/mol. The Labute approximate surface area is 179 Å². The number of benzene rings is 1. The number of rotatable bonds is 5. The van der Waals surface area contributed by atoms with Crippen LogP contribution in [0.25, 0.3) is 0 Å². The van der Waals surface area contributed by atoms with E-state index >= 15 is 0 Å². The Kier molecular flexibility index (Phi) is 5.67. The van der Waals surface area contributed by atoms with Crippen molar-refractivity contribution in [1.82, 2.24) is 14.5 Å². The van der Waals surface area contributed by atoms with E-state index < -0.39 is 17.2 Å². The maximum atomic E-state index is 13.2. The van der Waals surface area contributed by atoms with Crippen molar-refractivity contribution in [1.29, 1.82) is 0 Å². The van der Waals surface area contributed by atoms with Crippen LogP contribution in [0.2, 0.25) is 0 Å². The van der Waals surface area contributed by atoms with Crippen molar-refractivity contribution in [2.24, 2.45) is 5.92 Å². The maximum absolute atomic E-state index is 13.2. The number of nitrogens with two attached hydrogens (primary N) is 1. The average molecular weight is 425 g/mol. The second-order valence-corrected chi connectivity index (χ2v) is 8.35. The Morgan fingerprint density at radius 3 is 2.52 bits per heavy atom. The number of nitrogens with zero attached hydrogens (tertiary/aromatic N) is 3. The normalized spacial score (nSPS) is 19.2. The predicted octanol–water partition coefficient (Wildman–Crippen LogP) is 0.921. The minimum Gasteiger partial charge on any atom is -0.383 e. The van der Waals surface area contributed by atoms with Crippen molar-refractivity contribution in [3.05, 3.63) is 56.7 Å². The van der Waals surface area contributed by atoms with E-state index in [2.05, 4.69) is 4.98 Å². The van der Waals surface area contributed by atoms with Crippen molar-refractivity contribution in [3.8, 4) is 0 Å². The van der Waals surface area contributed by atoms with Crippen LogP contribution in [0.5, 0.6) is 0 Å². The maximum Gasteiger partial charge on any atom is 0.330 e. The standard InChI is InChI=1S/C22H27N5O4/c1-25(21(30)15-11-17(28)26(13-15)16-9-5-6-10-16)18-19(23)27(22(31)24-20(18)29)12-14-7-3-2-4-8-14/h2-4,7-8,15-16H,5-6,9-13,23H2,1H3,(H,24,29,31)/t15-/m1/s1. The number of aromatic amines is 1. The molecule has 2 amide bonds. The second-order valence-electron chi connectivity index (χ2n) is 8.35. The van der Waals surface area contributed by atoms with E-state index in [0.717, 1.165) is 31.2 Å². The highest BCUT2D eigenvalue weighted by Gasteiger charge is 2.40. The molecular formula is C22H27N5O4. The van der Waals surface area contributed by atoms with Gasteiger partial charge in [0.05, 0.1) is 12.5 Å². The summed E-state index contributed by atoms with van der Waals surface area (Å²) in [6.07, 6.45) is 4.27. The van der Waals surface area contributed by atoms with Gasteiger partial charge in [-0.1, -0.05) is 43.2 Å². The number of amides is 2. The summed E-state index contributed by atoms with van der Waals surface area (Å²) < 4.78 is 1.24. The fourth-order valence-corrected chi connectivity index (χ4v) is 4.67. The number of nitrogens with one attached hydrogen (secondary N) is 1. The Morgan fingerprint density at radius 1 is 1.16 bits per heavy atom. The van der Waals surface area contributed by atoms with Gasteiger partial charge in [-0.15, -0.1) is 0 Å². The highest BCUT2D eigenvalue weighted by molar-refractivity contribution is 6.00. The minimum atomic E-state index is -0.723. The summed E-state index contributed by atoms with van der Waals surface area (Å²) in [5.74, 6) is -0.984. The van der Waals surface area contributed by atoms with Gasteiger partial charge in [0, 0.05) is 26.1 Å². The van der Waals surface area contributed by atoms with Gasteiger partial charge < -0.3 is 15.5 Å². The number of carbonyl (C=O) groups is 2. The van der Waals surface area contributed by atoms with Crippen LogP contribution in [0.1, 0.15) is 37.7 Å². The Morgan fingerprint density at radius 2 is 1.84 bits per heavy atom. The smallest absolute Gasteiger partial charge is 0.330 e. The molecule has 1 atom stereocenters. The van der Waals surface area contributed by atoms with Gasteiger partial charge >= 0.3 is 5.69 Å². The van der Waals surface area contributed by atoms with Gasteiger partial charge in [-0.3, -0.25) is 23.9 Å². The third kappa shape index (κ3) is 3.99. The number of H-pyrrole nitrogens is 1. The first-order chi connectivity index (χ1) is 14.9. The van der Waals surface area contributed by atoms with Crippen LogP contribution >= 0.6 is 0 Å². The van der Waals surface area contributed by atoms with Crippen molar-refractivity contribution in [3.63, 3.8) is 0 Å². The number of likely N-dealkylation sites (tertiary alicyclic amines) is 1. The molecule has 0 bridgehead atoms. The highest BCUT2D eigenvalue weighted by Crippen LogP contribution is 2.31. The number of carbonyl (C=O) groups excluding carboxylic acids is 2. The Hall–Kier alpha value is -3.36. The summed E-state index contributed by atoms with van der Waals surface area (Å²) in [5, 5.41) is 0. The number of anilines is 2. The lowest BCUT2D eigenvalue weighted by Crippen LogP contribution is -2.42. The van der Waals surface area contributed by atoms with Gasteiger partial charge in [0.2, 0.25) is 11.8 Å². The molecule has 1 aliphatic heterocycles. The third-order valence-electron chi connectivity index (χ3n) is 6.34. The van der Waals surface area contributed by atoms with Crippen LogP contribution in [-0.2, 0) is 16.1 Å². The van der Waals surface area contributed by atoms with E-state index in [0.29, 0.717) is 6.54 Å². The fraction of sp³-hybridized carbons (Fsp3) is 0.455. The average Bonchev–Trinajstić information content (AvgIpc) is 3.40. The topological polar surface area (TPSA) is 121 Å². The summed E-state index contributed by atoms with van der Waals surface area (Å²) in [6.45, 7) is 0.517. The number of hydrogen-bond acceptors (Lipinski definition) is 5. The van der Waals surface area contributed by atoms with E-state index in [1.807, 2.05) is 35.2 Å². The molecule has 3 N–H and O–H groups in total. The van der Waals surface area contributed by atoms with Crippen LogP contribution in [0.15, 0.2) is 39.9 Å². The summed E-state index contributed by atoms with van der Waals surface area (Å²) >= 11 is 0. The lowest BCUT2D eigenvalue weighted by molar-refractivity contribution is -0.130.